The van der Waals surface area contributed by atoms with E-state index >= 15 is 0 Å². The molecule has 0 spiro atoms. The van der Waals surface area contributed by atoms with Crippen LogP contribution in [0, 0.1) is 0 Å². The van der Waals surface area contributed by atoms with Gasteiger partial charge in [0.25, 0.3) is 0 Å². The highest BCUT2D eigenvalue weighted by molar-refractivity contribution is 5.89. The standard InChI is InChI=1S/C20H21NO5/c1-22-13-8-14(23-2)19(24-3)11-7-12-16-10(4-5-21-12)6-15-20(26-9-25-15)18(16)17(11)13/h6,8,12,21H,4-5,7,9H2,1-3H3/t12-/m1/s1. The molecule has 136 valence electrons. The Labute approximate surface area is 152 Å². The summed E-state index contributed by atoms with van der Waals surface area (Å²) in [6.45, 7) is 1.18. The van der Waals surface area contributed by atoms with E-state index in [9.17, 15) is 0 Å². The molecule has 2 aromatic rings. The molecule has 3 aliphatic rings. The van der Waals surface area contributed by atoms with Gasteiger partial charge in [0.05, 0.1) is 21.3 Å². The molecule has 0 radical (unpaired) electrons. The molecular formula is C20H21NO5. The van der Waals surface area contributed by atoms with E-state index in [0.29, 0.717) is 5.75 Å². The lowest BCUT2D eigenvalue weighted by molar-refractivity contribution is 0.174. The van der Waals surface area contributed by atoms with Crippen LogP contribution in [0.1, 0.15) is 22.7 Å². The molecule has 0 saturated heterocycles. The number of hydrogen-bond acceptors (Lipinski definition) is 6. The number of hydrogen-bond donors (Lipinski definition) is 1. The Morgan fingerprint density at radius 1 is 1.00 bits per heavy atom. The second-order valence-corrected chi connectivity index (χ2v) is 6.69. The van der Waals surface area contributed by atoms with Crippen LogP contribution < -0.4 is 29.0 Å². The Morgan fingerprint density at radius 3 is 2.62 bits per heavy atom. The first-order valence-electron chi connectivity index (χ1n) is 8.77. The van der Waals surface area contributed by atoms with Crippen molar-refractivity contribution in [1.29, 1.82) is 0 Å². The third-order valence-corrected chi connectivity index (χ3v) is 5.53. The molecule has 6 heteroatoms. The fourth-order valence-corrected chi connectivity index (χ4v) is 4.50. The van der Waals surface area contributed by atoms with Crippen molar-refractivity contribution in [1.82, 2.24) is 5.32 Å². The number of methoxy groups -OCH3 is 3. The van der Waals surface area contributed by atoms with E-state index in [2.05, 4.69) is 11.4 Å². The Kier molecular flexibility index (Phi) is 3.43. The third-order valence-electron chi connectivity index (χ3n) is 5.53. The molecule has 0 unspecified atom stereocenters. The molecule has 1 aliphatic carbocycles. The van der Waals surface area contributed by atoms with Crippen LogP contribution in [-0.2, 0) is 12.8 Å². The number of ether oxygens (including phenoxy) is 5. The third kappa shape index (κ3) is 1.96. The molecular weight excluding hydrogens is 334 g/mol. The minimum absolute atomic E-state index is 0.210. The summed E-state index contributed by atoms with van der Waals surface area (Å²) < 4.78 is 28.6. The summed E-state index contributed by atoms with van der Waals surface area (Å²) in [7, 11) is 5.00. The largest absolute Gasteiger partial charge is 0.496 e. The van der Waals surface area contributed by atoms with E-state index in [0.717, 1.165) is 59.1 Å². The van der Waals surface area contributed by atoms with E-state index in [1.54, 1.807) is 21.3 Å². The first-order chi connectivity index (χ1) is 12.8. The van der Waals surface area contributed by atoms with Crippen LogP contribution in [0.25, 0.3) is 11.1 Å². The molecule has 0 fully saturated rings. The van der Waals surface area contributed by atoms with Crippen molar-refractivity contribution in [3.05, 3.63) is 28.8 Å². The molecule has 0 amide bonds. The Hall–Kier alpha value is -2.60. The molecule has 0 saturated carbocycles. The minimum atomic E-state index is 0.210. The molecule has 26 heavy (non-hydrogen) atoms. The smallest absolute Gasteiger partial charge is 0.231 e. The zero-order valence-corrected chi connectivity index (χ0v) is 15.1. The maximum absolute atomic E-state index is 5.88. The Bertz CT molecular complexity index is 908. The van der Waals surface area contributed by atoms with Crippen LogP contribution in [0.4, 0.5) is 0 Å². The zero-order chi connectivity index (χ0) is 17.8. The van der Waals surface area contributed by atoms with Gasteiger partial charge in [0.15, 0.2) is 23.0 Å². The van der Waals surface area contributed by atoms with Gasteiger partial charge in [0, 0.05) is 28.8 Å². The molecule has 5 rings (SSSR count). The minimum Gasteiger partial charge on any atom is -0.496 e. The number of fused-ring (bicyclic) bond motifs is 4. The van der Waals surface area contributed by atoms with E-state index in [4.69, 9.17) is 23.7 Å². The fraction of sp³-hybridized carbons (Fsp3) is 0.400. The lowest BCUT2D eigenvalue weighted by Gasteiger charge is -2.36. The molecule has 1 atom stereocenters. The van der Waals surface area contributed by atoms with Crippen molar-refractivity contribution in [2.75, 3.05) is 34.7 Å². The summed E-state index contributed by atoms with van der Waals surface area (Å²) >= 11 is 0. The summed E-state index contributed by atoms with van der Waals surface area (Å²) in [4.78, 5) is 0. The average Bonchev–Trinajstić information content (AvgIpc) is 3.14. The summed E-state index contributed by atoms with van der Waals surface area (Å²) in [5.41, 5.74) is 5.76. The highest BCUT2D eigenvalue weighted by Crippen LogP contribution is 2.57. The van der Waals surface area contributed by atoms with Gasteiger partial charge in [0.2, 0.25) is 6.79 Å². The van der Waals surface area contributed by atoms with Crippen LogP contribution in [-0.4, -0.2) is 34.7 Å². The number of rotatable bonds is 3. The highest BCUT2D eigenvalue weighted by atomic mass is 16.7. The maximum atomic E-state index is 5.88. The zero-order valence-electron chi connectivity index (χ0n) is 15.1. The van der Waals surface area contributed by atoms with Crippen molar-refractivity contribution in [2.45, 2.75) is 18.9 Å². The van der Waals surface area contributed by atoms with Crippen molar-refractivity contribution in [3.8, 4) is 39.9 Å². The van der Waals surface area contributed by atoms with Gasteiger partial charge in [-0.15, -0.1) is 0 Å². The first-order valence-corrected chi connectivity index (χ1v) is 8.77. The van der Waals surface area contributed by atoms with Crippen LogP contribution in [0.3, 0.4) is 0 Å². The SMILES string of the molecule is COc1cc(OC)c2c(c1OC)C[C@H]1NCCc3cc4c(c-2c31)OCO4. The highest BCUT2D eigenvalue weighted by Gasteiger charge is 2.39. The van der Waals surface area contributed by atoms with Crippen molar-refractivity contribution in [3.63, 3.8) is 0 Å². The Morgan fingerprint density at radius 2 is 1.85 bits per heavy atom. The second kappa shape index (κ2) is 5.71. The van der Waals surface area contributed by atoms with E-state index in [-0.39, 0.29) is 12.8 Å². The number of benzene rings is 2. The van der Waals surface area contributed by atoms with Crippen LogP contribution in [0.5, 0.6) is 28.7 Å². The molecule has 0 aromatic heterocycles. The molecule has 1 N–H and O–H groups in total. The summed E-state index contributed by atoms with van der Waals surface area (Å²) in [6.07, 6.45) is 1.78. The van der Waals surface area contributed by atoms with Gasteiger partial charge in [-0.3, -0.25) is 0 Å². The topological polar surface area (TPSA) is 58.2 Å². The molecule has 2 aliphatic heterocycles. The van der Waals surface area contributed by atoms with Crippen LogP contribution in [0.2, 0.25) is 0 Å². The molecule has 6 nitrogen and oxygen atoms in total. The van der Waals surface area contributed by atoms with Crippen molar-refractivity contribution in [2.24, 2.45) is 0 Å². The van der Waals surface area contributed by atoms with Gasteiger partial charge in [-0.05, 0) is 36.6 Å². The quantitative estimate of drug-likeness (QED) is 0.914. The second-order valence-electron chi connectivity index (χ2n) is 6.69. The normalized spacial score (nSPS) is 18.8. The lowest BCUT2D eigenvalue weighted by Crippen LogP contribution is -2.34. The summed E-state index contributed by atoms with van der Waals surface area (Å²) in [6, 6.07) is 4.23. The van der Waals surface area contributed by atoms with Gasteiger partial charge in [-0.1, -0.05) is 0 Å². The summed E-state index contributed by atoms with van der Waals surface area (Å²) in [5, 5.41) is 3.64. The van der Waals surface area contributed by atoms with Crippen LogP contribution in [0.15, 0.2) is 12.1 Å². The Balaban J connectivity index is 1.90. The molecule has 2 aromatic carbocycles. The maximum Gasteiger partial charge on any atom is 0.231 e. The predicted octanol–water partition coefficient (Wildman–Crippen LogP) is 2.85. The van der Waals surface area contributed by atoms with Gasteiger partial charge < -0.3 is 29.0 Å². The van der Waals surface area contributed by atoms with E-state index in [1.807, 2.05) is 6.07 Å². The van der Waals surface area contributed by atoms with Gasteiger partial charge in [0.1, 0.15) is 5.75 Å². The molecule has 0 bridgehead atoms. The molecule has 2 heterocycles. The lowest BCUT2D eigenvalue weighted by atomic mass is 9.76. The summed E-state index contributed by atoms with van der Waals surface area (Å²) in [5.74, 6) is 3.78. The van der Waals surface area contributed by atoms with Gasteiger partial charge in [-0.2, -0.15) is 0 Å². The number of nitrogens with one attached hydrogen (secondary N) is 1. The first kappa shape index (κ1) is 15.6. The van der Waals surface area contributed by atoms with Gasteiger partial charge in [-0.25, -0.2) is 0 Å². The van der Waals surface area contributed by atoms with Crippen LogP contribution >= 0.6 is 0 Å². The van der Waals surface area contributed by atoms with Crippen molar-refractivity contribution < 1.29 is 23.7 Å². The van der Waals surface area contributed by atoms with E-state index < -0.39 is 0 Å². The van der Waals surface area contributed by atoms with E-state index in [1.165, 1.54) is 11.1 Å². The fourth-order valence-electron chi connectivity index (χ4n) is 4.50. The average molecular weight is 355 g/mol. The van der Waals surface area contributed by atoms with Crippen molar-refractivity contribution >= 4 is 0 Å². The van der Waals surface area contributed by atoms with Gasteiger partial charge >= 0.3 is 0 Å². The monoisotopic (exact) mass is 355 g/mol. The predicted molar refractivity (Wildman–Crippen MR) is 95.8 cm³/mol.